The lowest BCUT2D eigenvalue weighted by Crippen LogP contribution is -2.29. The Hall–Kier alpha value is -1.22. The summed E-state index contributed by atoms with van der Waals surface area (Å²) in [6.45, 7) is 6.57. The zero-order valence-corrected chi connectivity index (χ0v) is 12.0. The first-order valence-electron chi connectivity index (χ1n) is 6.03. The third kappa shape index (κ3) is 3.91. The van der Waals surface area contributed by atoms with Crippen molar-refractivity contribution < 1.29 is 9.53 Å². The summed E-state index contributed by atoms with van der Waals surface area (Å²) in [5, 5.41) is 3.99. The van der Waals surface area contributed by atoms with Crippen LogP contribution in [-0.2, 0) is 9.53 Å². The molecule has 18 heavy (non-hydrogen) atoms. The lowest BCUT2D eigenvalue weighted by molar-refractivity contribution is -0.146. The van der Waals surface area contributed by atoms with Gasteiger partial charge in [-0.15, -0.1) is 0 Å². The number of methoxy groups -OCH3 is 1. The van der Waals surface area contributed by atoms with Crippen molar-refractivity contribution in [3.8, 4) is 0 Å². The van der Waals surface area contributed by atoms with Crippen LogP contribution in [0.25, 0.3) is 0 Å². The van der Waals surface area contributed by atoms with E-state index in [0.29, 0.717) is 11.6 Å². The van der Waals surface area contributed by atoms with Crippen LogP contribution in [0.2, 0.25) is 5.02 Å². The second kappa shape index (κ2) is 6.64. The van der Waals surface area contributed by atoms with Crippen LogP contribution in [0.5, 0.6) is 0 Å². The second-order valence-electron chi connectivity index (χ2n) is 4.71. The molecule has 0 heterocycles. The Morgan fingerprint density at radius 3 is 2.61 bits per heavy atom. The Bertz CT molecular complexity index is 418. The average Bonchev–Trinajstić information content (AvgIpc) is 2.31. The number of ether oxygens (including phenoxy) is 1. The van der Waals surface area contributed by atoms with Crippen molar-refractivity contribution in [3.05, 3.63) is 28.8 Å². The molecule has 0 radical (unpaired) electrons. The van der Waals surface area contributed by atoms with Gasteiger partial charge in [0.25, 0.3) is 0 Å². The van der Waals surface area contributed by atoms with Crippen molar-refractivity contribution in [2.75, 3.05) is 19.0 Å². The summed E-state index contributed by atoms with van der Waals surface area (Å²) in [6, 6.07) is 5.65. The highest BCUT2D eigenvalue weighted by Crippen LogP contribution is 2.21. The number of aryl methyl sites for hydroxylation is 1. The van der Waals surface area contributed by atoms with Gasteiger partial charge in [0, 0.05) is 17.3 Å². The molecule has 0 amide bonds. The van der Waals surface area contributed by atoms with Crippen molar-refractivity contribution in [3.63, 3.8) is 0 Å². The summed E-state index contributed by atoms with van der Waals surface area (Å²) >= 11 is 5.90. The molecule has 1 aromatic rings. The number of benzene rings is 1. The summed E-state index contributed by atoms with van der Waals surface area (Å²) < 4.78 is 4.81. The number of hydrogen-bond acceptors (Lipinski definition) is 3. The van der Waals surface area contributed by atoms with Gasteiger partial charge in [-0.25, -0.2) is 0 Å². The minimum atomic E-state index is -0.177. The maximum absolute atomic E-state index is 11.6. The first-order chi connectivity index (χ1) is 8.45. The zero-order chi connectivity index (χ0) is 13.7. The number of halogens is 1. The van der Waals surface area contributed by atoms with E-state index in [1.54, 1.807) is 0 Å². The van der Waals surface area contributed by atoms with Gasteiger partial charge in [-0.1, -0.05) is 25.4 Å². The Morgan fingerprint density at radius 2 is 2.11 bits per heavy atom. The van der Waals surface area contributed by atoms with E-state index in [2.05, 4.69) is 5.32 Å². The van der Waals surface area contributed by atoms with Crippen molar-refractivity contribution in [2.45, 2.75) is 20.8 Å². The van der Waals surface area contributed by atoms with Crippen molar-refractivity contribution in [1.29, 1.82) is 0 Å². The number of anilines is 1. The molecule has 0 aliphatic carbocycles. The first kappa shape index (κ1) is 14.8. The third-order valence-corrected chi connectivity index (χ3v) is 3.24. The molecule has 0 spiro atoms. The van der Waals surface area contributed by atoms with E-state index in [4.69, 9.17) is 16.3 Å². The van der Waals surface area contributed by atoms with Crippen LogP contribution < -0.4 is 5.32 Å². The van der Waals surface area contributed by atoms with Crippen LogP contribution in [0, 0.1) is 18.8 Å². The maximum atomic E-state index is 11.6. The monoisotopic (exact) mass is 269 g/mol. The number of esters is 1. The van der Waals surface area contributed by atoms with Crippen LogP contribution in [0.4, 0.5) is 5.69 Å². The molecular weight excluding hydrogens is 250 g/mol. The van der Waals surface area contributed by atoms with Crippen molar-refractivity contribution in [2.24, 2.45) is 11.8 Å². The summed E-state index contributed by atoms with van der Waals surface area (Å²) in [7, 11) is 1.42. The van der Waals surface area contributed by atoms with Gasteiger partial charge in [0.1, 0.15) is 0 Å². The minimum absolute atomic E-state index is 0.148. The highest BCUT2D eigenvalue weighted by Gasteiger charge is 2.22. The Labute approximate surface area is 113 Å². The quantitative estimate of drug-likeness (QED) is 0.832. The van der Waals surface area contributed by atoms with Crippen LogP contribution in [-0.4, -0.2) is 19.6 Å². The topological polar surface area (TPSA) is 38.3 Å². The number of rotatable bonds is 5. The highest BCUT2D eigenvalue weighted by atomic mass is 35.5. The summed E-state index contributed by atoms with van der Waals surface area (Å²) in [4.78, 5) is 11.6. The van der Waals surface area contributed by atoms with Crippen molar-refractivity contribution in [1.82, 2.24) is 0 Å². The first-order valence-corrected chi connectivity index (χ1v) is 6.41. The molecule has 0 aliphatic heterocycles. The highest BCUT2D eigenvalue weighted by molar-refractivity contribution is 6.30. The fourth-order valence-corrected chi connectivity index (χ4v) is 2.01. The van der Waals surface area contributed by atoms with Crippen LogP contribution in [0.1, 0.15) is 19.4 Å². The van der Waals surface area contributed by atoms with Crippen molar-refractivity contribution >= 4 is 23.3 Å². The van der Waals surface area contributed by atoms with Gasteiger partial charge in [0.2, 0.25) is 0 Å². The van der Waals surface area contributed by atoms with Crippen LogP contribution in [0.3, 0.4) is 0 Å². The average molecular weight is 270 g/mol. The Kier molecular flexibility index (Phi) is 5.48. The zero-order valence-electron chi connectivity index (χ0n) is 11.3. The summed E-state index contributed by atoms with van der Waals surface area (Å²) in [5.41, 5.74) is 2.06. The van der Waals surface area contributed by atoms with Gasteiger partial charge in [-0.3, -0.25) is 4.79 Å². The van der Waals surface area contributed by atoms with E-state index < -0.39 is 0 Å². The second-order valence-corrected chi connectivity index (χ2v) is 5.15. The van der Waals surface area contributed by atoms with Crippen LogP contribution in [0.15, 0.2) is 18.2 Å². The van der Waals surface area contributed by atoms with E-state index in [1.165, 1.54) is 7.11 Å². The number of carbonyl (C=O) groups excluding carboxylic acids is 1. The van der Waals surface area contributed by atoms with Gasteiger partial charge in [0.15, 0.2) is 0 Å². The van der Waals surface area contributed by atoms with E-state index in [9.17, 15) is 4.79 Å². The molecule has 0 saturated heterocycles. The number of nitrogens with one attached hydrogen (secondary N) is 1. The Morgan fingerprint density at radius 1 is 1.44 bits per heavy atom. The molecule has 1 rings (SSSR count). The molecule has 1 unspecified atom stereocenters. The molecule has 3 nitrogen and oxygen atoms in total. The van der Waals surface area contributed by atoms with E-state index >= 15 is 0 Å². The van der Waals surface area contributed by atoms with Gasteiger partial charge in [-0.2, -0.15) is 0 Å². The molecule has 1 atom stereocenters. The predicted octanol–water partition coefficient (Wildman–Crippen LogP) is 3.51. The smallest absolute Gasteiger partial charge is 0.310 e. The molecule has 1 aromatic carbocycles. The van der Waals surface area contributed by atoms with E-state index in [0.717, 1.165) is 11.3 Å². The number of carbonyl (C=O) groups is 1. The predicted molar refractivity (Wildman–Crippen MR) is 75.0 cm³/mol. The molecule has 0 aromatic heterocycles. The summed E-state index contributed by atoms with van der Waals surface area (Å²) in [5.74, 6) is -0.0910. The summed E-state index contributed by atoms with van der Waals surface area (Å²) in [6.07, 6.45) is 0. The Balaban J connectivity index is 2.70. The fourth-order valence-electron chi connectivity index (χ4n) is 1.79. The molecule has 0 fully saturated rings. The van der Waals surface area contributed by atoms with Gasteiger partial charge < -0.3 is 10.1 Å². The third-order valence-electron chi connectivity index (χ3n) is 3.01. The standard InChI is InChI=1S/C14H20ClNO2/c1-9(2)12(14(17)18-4)8-16-13-6-5-11(15)7-10(13)3/h5-7,9,12,16H,8H2,1-4H3. The lowest BCUT2D eigenvalue weighted by atomic mass is 9.96. The lowest BCUT2D eigenvalue weighted by Gasteiger charge is -2.20. The fraction of sp³-hybridized carbons (Fsp3) is 0.500. The normalized spacial score (nSPS) is 12.3. The molecule has 100 valence electrons. The maximum Gasteiger partial charge on any atom is 0.310 e. The molecule has 1 N–H and O–H groups in total. The molecular formula is C14H20ClNO2. The SMILES string of the molecule is COC(=O)C(CNc1ccc(Cl)cc1C)C(C)C. The minimum Gasteiger partial charge on any atom is -0.469 e. The molecule has 0 bridgehead atoms. The number of hydrogen-bond donors (Lipinski definition) is 1. The molecule has 0 saturated carbocycles. The van der Waals surface area contributed by atoms with Gasteiger partial charge >= 0.3 is 5.97 Å². The van der Waals surface area contributed by atoms with E-state index in [-0.39, 0.29) is 17.8 Å². The van der Waals surface area contributed by atoms with Gasteiger partial charge in [0.05, 0.1) is 13.0 Å². The molecule has 0 aliphatic rings. The van der Waals surface area contributed by atoms with Gasteiger partial charge in [-0.05, 0) is 36.6 Å². The largest absolute Gasteiger partial charge is 0.469 e. The van der Waals surface area contributed by atoms with E-state index in [1.807, 2.05) is 39.0 Å². The van der Waals surface area contributed by atoms with Crippen LogP contribution >= 0.6 is 11.6 Å². The molecule has 4 heteroatoms.